The second kappa shape index (κ2) is 4.73. The van der Waals surface area contributed by atoms with E-state index in [1.807, 2.05) is 31.2 Å². The van der Waals surface area contributed by atoms with E-state index >= 15 is 0 Å². The van der Waals surface area contributed by atoms with E-state index in [4.69, 9.17) is 0 Å². The van der Waals surface area contributed by atoms with Crippen molar-refractivity contribution < 1.29 is 5.11 Å². The van der Waals surface area contributed by atoms with Crippen LogP contribution in [0.15, 0.2) is 42.5 Å². The number of rotatable bonds is 2. The van der Waals surface area contributed by atoms with Crippen LogP contribution in [0.3, 0.4) is 0 Å². The Hall–Kier alpha value is -1.24. The average Bonchev–Trinajstić information content (AvgIpc) is 2.25. The SMILES string of the molecule is Cc1cc(C)c([Se]c2ccccc2)c(O)c1. The molecule has 0 aliphatic carbocycles. The Morgan fingerprint density at radius 1 is 1.00 bits per heavy atom. The predicted molar refractivity (Wildman–Crippen MR) is 69.0 cm³/mol. The van der Waals surface area contributed by atoms with Gasteiger partial charge in [0.05, 0.1) is 0 Å². The van der Waals surface area contributed by atoms with Crippen LogP contribution in [0.5, 0.6) is 5.75 Å². The molecule has 1 nitrogen and oxygen atoms in total. The van der Waals surface area contributed by atoms with Gasteiger partial charge in [0, 0.05) is 0 Å². The van der Waals surface area contributed by atoms with Gasteiger partial charge in [0.25, 0.3) is 0 Å². The molecular weight excluding hydrogens is 263 g/mol. The molecule has 0 fully saturated rings. The second-order valence-electron chi connectivity index (χ2n) is 3.85. The van der Waals surface area contributed by atoms with Gasteiger partial charge in [-0.2, -0.15) is 0 Å². The van der Waals surface area contributed by atoms with E-state index in [1.54, 1.807) is 0 Å². The van der Waals surface area contributed by atoms with Gasteiger partial charge in [0.2, 0.25) is 0 Å². The van der Waals surface area contributed by atoms with Crippen LogP contribution in [-0.4, -0.2) is 20.1 Å². The van der Waals surface area contributed by atoms with Gasteiger partial charge in [0.15, 0.2) is 0 Å². The molecule has 2 heteroatoms. The summed E-state index contributed by atoms with van der Waals surface area (Å²) >= 11 is 0.184. The van der Waals surface area contributed by atoms with Gasteiger partial charge in [-0.1, -0.05) is 0 Å². The van der Waals surface area contributed by atoms with Gasteiger partial charge in [-0.15, -0.1) is 0 Å². The van der Waals surface area contributed by atoms with Gasteiger partial charge in [-0.3, -0.25) is 0 Å². The number of phenols is 1. The van der Waals surface area contributed by atoms with Crippen LogP contribution in [-0.2, 0) is 0 Å². The van der Waals surface area contributed by atoms with E-state index < -0.39 is 0 Å². The number of benzene rings is 2. The summed E-state index contributed by atoms with van der Waals surface area (Å²) in [6.45, 7) is 4.07. The van der Waals surface area contributed by atoms with E-state index in [0.29, 0.717) is 5.75 Å². The van der Waals surface area contributed by atoms with E-state index in [-0.39, 0.29) is 15.0 Å². The molecule has 1 N–H and O–H groups in total. The molecule has 82 valence electrons. The molecule has 0 aliphatic heterocycles. The fourth-order valence-electron chi connectivity index (χ4n) is 1.67. The van der Waals surface area contributed by atoms with Crippen molar-refractivity contribution in [3.05, 3.63) is 53.6 Å². The Kier molecular flexibility index (Phi) is 3.33. The van der Waals surface area contributed by atoms with Gasteiger partial charge >= 0.3 is 102 Å². The van der Waals surface area contributed by atoms with Crippen LogP contribution in [0.2, 0.25) is 0 Å². The monoisotopic (exact) mass is 278 g/mol. The molecule has 2 rings (SSSR count). The molecule has 0 heterocycles. The number of aromatic hydroxyl groups is 1. The van der Waals surface area contributed by atoms with Gasteiger partial charge in [-0.05, 0) is 0 Å². The molecule has 2 aromatic carbocycles. The zero-order chi connectivity index (χ0) is 11.5. The van der Waals surface area contributed by atoms with Gasteiger partial charge in [-0.25, -0.2) is 0 Å². The van der Waals surface area contributed by atoms with Gasteiger partial charge in [0.1, 0.15) is 0 Å². The first kappa shape index (κ1) is 11.3. The third-order valence-corrected chi connectivity index (χ3v) is 4.97. The van der Waals surface area contributed by atoms with E-state index in [1.165, 1.54) is 10.0 Å². The first-order chi connectivity index (χ1) is 7.66. The Bertz CT molecular complexity index is 468. The van der Waals surface area contributed by atoms with Crippen molar-refractivity contribution >= 4 is 23.9 Å². The number of aryl methyl sites for hydroxylation is 2. The number of phenolic OH excluding ortho intramolecular Hbond substituents is 1. The Morgan fingerprint density at radius 3 is 2.31 bits per heavy atom. The fraction of sp³-hybridized carbons (Fsp3) is 0.143. The van der Waals surface area contributed by atoms with Crippen LogP contribution < -0.4 is 8.92 Å². The van der Waals surface area contributed by atoms with Crippen molar-refractivity contribution in [2.45, 2.75) is 13.8 Å². The van der Waals surface area contributed by atoms with Crippen molar-refractivity contribution in [2.24, 2.45) is 0 Å². The van der Waals surface area contributed by atoms with E-state index in [2.05, 4.69) is 25.1 Å². The summed E-state index contributed by atoms with van der Waals surface area (Å²) in [5.41, 5.74) is 2.30. The molecule has 0 atom stereocenters. The topological polar surface area (TPSA) is 20.2 Å². The standard InChI is InChI=1S/C14H14OSe/c1-10-8-11(2)14(13(15)9-10)16-12-6-4-3-5-7-12/h3-9,15H,1-2H3. The first-order valence-electron chi connectivity index (χ1n) is 5.20. The van der Waals surface area contributed by atoms with Crippen molar-refractivity contribution in [1.82, 2.24) is 0 Å². The maximum atomic E-state index is 9.95. The summed E-state index contributed by atoms with van der Waals surface area (Å²) in [7, 11) is 0. The molecule has 0 saturated heterocycles. The maximum absolute atomic E-state index is 9.95. The minimum atomic E-state index is 0.184. The molecule has 0 radical (unpaired) electrons. The molecule has 2 aromatic rings. The summed E-state index contributed by atoms with van der Waals surface area (Å²) < 4.78 is 2.38. The molecular formula is C14H14OSe. The molecule has 0 aliphatic rings. The molecule has 0 spiro atoms. The number of hydrogen-bond donors (Lipinski definition) is 1. The fourth-order valence-corrected chi connectivity index (χ4v) is 3.59. The summed E-state index contributed by atoms with van der Waals surface area (Å²) in [6.07, 6.45) is 0. The van der Waals surface area contributed by atoms with Crippen molar-refractivity contribution in [3.63, 3.8) is 0 Å². The van der Waals surface area contributed by atoms with Crippen molar-refractivity contribution in [2.75, 3.05) is 0 Å². The summed E-state index contributed by atoms with van der Waals surface area (Å²) in [5.74, 6) is 0.432. The molecule has 0 bridgehead atoms. The zero-order valence-corrected chi connectivity index (χ0v) is 11.1. The summed E-state index contributed by atoms with van der Waals surface area (Å²) in [6, 6.07) is 14.3. The average molecular weight is 277 g/mol. The van der Waals surface area contributed by atoms with Crippen LogP contribution in [0.25, 0.3) is 0 Å². The normalized spacial score (nSPS) is 10.4. The third kappa shape index (κ3) is 2.46. The Labute approximate surface area is 102 Å². The Balaban J connectivity index is 2.35. The van der Waals surface area contributed by atoms with Crippen LogP contribution in [0.1, 0.15) is 11.1 Å². The summed E-state index contributed by atoms with van der Waals surface area (Å²) in [4.78, 5) is 0. The van der Waals surface area contributed by atoms with Crippen LogP contribution >= 0.6 is 0 Å². The minimum absolute atomic E-state index is 0.184. The second-order valence-corrected chi connectivity index (χ2v) is 6.12. The molecule has 0 unspecified atom stereocenters. The molecule has 16 heavy (non-hydrogen) atoms. The first-order valence-corrected chi connectivity index (χ1v) is 6.91. The predicted octanol–water partition coefficient (Wildman–Crippen LogP) is 1.66. The zero-order valence-electron chi connectivity index (χ0n) is 9.40. The summed E-state index contributed by atoms with van der Waals surface area (Å²) in [5, 5.41) is 9.95. The third-order valence-electron chi connectivity index (χ3n) is 2.36. The van der Waals surface area contributed by atoms with Gasteiger partial charge < -0.3 is 0 Å². The Morgan fingerprint density at radius 2 is 1.69 bits per heavy atom. The van der Waals surface area contributed by atoms with Crippen LogP contribution in [0.4, 0.5) is 0 Å². The molecule has 0 amide bonds. The van der Waals surface area contributed by atoms with E-state index in [0.717, 1.165) is 10.0 Å². The van der Waals surface area contributed by atoms with Crippen molar-refractivity contribution in [1.29, 1.82) is 0 Å². The van der Waals surface area contributed by atoms with Crippen LogP contribution in [0, 0.1) is 13.8 Å². The quantitative estimate of drug-likeness (QED) is 0.828. The molecule has 0 saturated carbocycles. The van der Waals surface area contributed by atoms with E-state index in [9.17, 15) is 5.11 Å². The number of hydrogen-bond acceptors (Lipinski definition) is 1. The molecule has 0 aromatic heterocycles. The van der Waals surface area contributed by atoms with Crippen molar-refractivity contribution in [3.8, 4) is 5.75 Å².